The number of aromatic hydroxyl groups is 1. The third-order valence-corrected chi connectivity index (χ3v) is 5.97. The molecular weight excluding hydrogens is 464 g/mol. The molecule has 0 atom stereocenters. The Bertz CT molecular complexity index is 1070. The number of hydrogen-bond acceptors (Lipinski definition) is 6. The first-order valence-electron chi connectivity index (χ1n) is 11.1. The molecule has 1 aliphatic rings. The zero-order valence-corrected chi connectivity index (χ0v) is 20.9. The van der Waals surface area contributed by atoms with Crippen LogP contribution in [0.2, 0.25) is 0 Å². The van der Waals surface area contributed by atoms with Crippen molar-refractivity contribution in [2.45, 2.75) is 78.1 Å². The summed E-state index contributed by atoms with van der Waals surface area (Å²) in [6, 6.07) is 8.66. The molecule has 0 radical (unpaired) electrons. The largest absolute Gasteiger partial charge is 0.506 e. The smallest absolute Gasteiger partial charge is 0.494 e. The predicted octanol–water partition coefficient (Wildman–Crippen LogP) is 5.24. The first-order valence-corrected chi connectivity index (χ1v) is 11.1. The molecule has 0 amide bonds. The lowest BCUT2D eigenvalue weighted by atomic mass is 9.79. The monoisotopic (exact) mass is 494 g/mol. The lowest BCUT2D eigenvalue weighted by Crippen LogP contribution is -2.41. The topological polar surface area (TPSA) is 74.2 Å². The van der Waals surface area contributed by atoms with Crippen LogP contribution in [-0.4, -0.2) is 35.0 Å². The maximum absolute atomic E-state index is 13.3. The standard InChI is InChI=1S/C25H30BF3O6/c1-22(2,3)33-21(31)19-15(8-13-18(20(19)30)25(27,28)29)14-32-17-11-9-16(10-12-17)26-34-23(4,5)24(6,7)35-26/h8-13,30H,14H2,1-7H3. The molecule has 1 aliphatic heterocycles. The Hall–Kier alpha value is -2.72. The van der Waals surface area contributed by atoms with Gasteiger partial charge in [-0.1, -0.05) is 18.2 Å². The van der Waals surface area contributed by atoms with E-state index in [1.54, 1.807) is 45.0 Å². The molecule has 1 fully saturated rings. The van der Waals surface area contributed by atoms with Crippen molar-refractivity contribution in [3.8, 4) is 11.5 Å². The summed E-state index contributed by atoms with van der Waals surface area (Å²) in [7, 11) is -0.556. The molecule has 0 unspecified atom stereocenters. The van der Waals surface area contributed by atoms with Crippen LogP contribution in [0.25, 0.3) is 0 Å². The SMILES string of the molecule is CC(C)(C)OC(=O)c1c(COc2ccc(B3OC(C)(C)C(C)(C)O3)cc2)ccc(C(F)(F)F)c1O. The molecule has 190 valence electrons. The van der Waals surface area contributed by atoms with E-state index in [1.165, 1.54) is 0 Å². The summed E-state index contributed by atoms with van der Waals surface area (Å²) in [6.45, 7) is 12.3. The minimum absolute atomic E-state index is 0.0554. The number of esters is 1. The second-order valence-electron chi connectivity index (χ2n) is 10.4. The number of phenols is 1. The Kier molecular flexibility index (Phi) is 6.96. The van der Waals surface area contributed by atoms with Crippen molar-refractivity contribution in [1.29, 1.82) is 0 Å². The van der Waals surface area contributed by atoms with Crippen LogP contribution in [0.1, 0.15) is 70.0 Å². The molecule has 0 aliphatic carbocycles. The number of halogens is 3. The molecule has 0 aromatic heterocycles. The number of carbonyl (C=O) groups is 1. The van der Waals surface area contributed by atoms with Gasteiger partial charge in [-0.25, -0.2) is 4.79 Å². The van der Waals surface area contributed by atoms with Crippen molar-refractivity contribution in [3.63, 3.8) is 0 Å². The summed E-state index contributed by atoms with van der Waals surface area (Å²) < 4.78 is 62.9. The van der Waals surface area contributed by atoms with Gasteiger partial charge in [-0.2, -0.15) is 13.2 Å². The van der Waals surface area contributed by atoms with E-state index in [9.17, 15) is 23.1 Å². The Morgan fingerprint density at radius 1 is 0.971 bits per heavy atom. The summed E-state index contributed by atoms with van der Waals surface area (Å²) in [5.41, 5.74) is -3.03. The van der Waals surface area contributed by atoms with Gasteiger partial charge in [0.15, 0.2) is 0 Å². The third-order valence-electron chi connectivity index (χ3n) is 5.97. The van der Waals surface area contributed by atoms with E-state index in [0.717, 1.165) is 11.5 Å². The van der Waals surface area contributed by atoms with Gasteiger partial charge in [-0.05, 0) is 72.1 Å². The van der Waals surface area contributed by atoms with Crippen molar-refractivity contribution in [3.05, 3.63) is 53.1 Å². The van der Waals surface area contributed by atoms with Crippen LogP contribution in [0, 0.1) is 0 Å². The molecule has 3 rings (SSSR count). The second kappa shape index (κ2) is 9.06. The van der Waals surface area contributed by atoms with Gasteiger partial charge in [0, 0.05) is 5.56 Å². The molecule has 0 saturated carbocycles. The number of phenolic OH excluding ortho intramolecular Hbond substituents is 1. The Labute approximate surface area is 203 Å². The fourth-order valence-electron chi connectivity index (χ4n) is 3.40. The van der Waals surface area contributed by atoms with Crippen LogP contribution in [0.4, 0.5) is 13.2 Å². The summed E-state index contributed by atoms with van der Waals surface area (Å²) in [6.07, 6.45) is -4.84. The van der Waals surface area contributed by atoms with Gasteiger partial charge in [0.1, 0.15) is 29.3 Å². The number of ether oxygens (including phenoxy) is 2. The maximum Gasteiger partial charge on any atom is 0.494 e. The van der Waals surface area contributed by atoms with Crippen molar-refractivity contribution in [2.24, 2.45) is 0 Å². The molecule has 2 aromatic carbocycles. The van der Waals surface area contributed by atoms with E-state index < -0.39 is 52.9 Å². The van der Waals surface area contributed by atoms with Gasteiger partial charge >= 0.3 is 19.3 Å². The molecule has 1 N–H and O–H groups in total. The summed E-state index contributed by atoms with van der Waals surface area (Å²) in [5, 5.41) is 10.3. The molecular formula is C25H30BF3O6. The Morgan fingerprint density at radius 2 is 1.51 bits per heavy atom. The predicted molar refractivity (Wildman–Crippen MR) is 125 cm³/mol. The van der Waals surface area contributed by atoms with Crippen LogP contribution in [0.3, 0.4) is 0 Å². The average molecular weight is 494 g/mol. The number of carbonyl (C=O) groups excluding carboxylic acids is 1. The van der Waals surface area contributed by atoms with Crippen LogP contribution in [0.5, 0.6) is 11.5 Å². The molecule has 2 aromatic rings. The van der Waals surface area contributed by atoms with Gasteiger partial charge in [0.05, 0.1) is 16.8 Å². The van der Waals surface area contributed by atoms with Crippen molar-refractivity contribution in [2.75, 3.05) is 0 Å². The third kappa shape index (κ3) is 5.93. The minimum atomic E-state index is -4.84. The lowest BCUT2D eigenvalue weighted by molar-refractivity contribution is -0.138. The molecule has 0 bridgehead atoms. The fourth-order valence-corrected chi connectivity index (χ4v) is 3.40. The molecule has 0 spiro atoms. The molecule has 1 heterocycles. The zero-order valence-electron chi connectivity index (χ0n) is 20.9. The van der Waals surface area contributed by atoms with Crippen molar-refractivity contribution >= 4 is 18.6 Å². The highest BCUT2D eigenvalue weighted by molar-refractivity contribution is 6.62. The maximum atomic E-state index is 13.3. The summed E-state index contributed by atoms with van der Waals surface area (Å²) in [5.74, 6) is -1.86. The average Bonchev–Trinajstić information content (AvgIpc) is 2.91. The number of benzene rings is 2. The number of alkyl halides is 3. The molecule has 35 heavy (non-hydrogen) atoms. The first kappa shape index (κ1) is 26.9. The summed E-state index contributed by atoms with van der Waals surface area (Å²) in [4.78, 5) is 12.7. The lowest BCUT2D eigenvalue weighted by Gasteiger charge is -2.32. The number of hydrogen-bond donors (Lipinski definition) is 1. The minimum Gasteiger partial charge on any atom is -0.506 e. The second-order valence-corrected chi connectivity index (χ2v) is 10.4. The van der Waals surface area contributed by atoms with Gasteiger partial charge in [0.25, 0.3) is 0 Å². The molecule has 10 heteroatoms. The quantitative estimate of drug-likeness (QED) is 0.453. The van der Waals surface area contributed by atoms with Crippen molar-refractivity contribution in [1.82, 2.24) is 0 Å². The van der Waals surface area contributed by atoms with Crippen LogP contribution >= 0.6 is 0 Å². The zero-order chi connectivity index (χ0) is 26.4. The van der Waals surface area contributed by atoms with Crippen LogP contribution in [0.15, 0.2) is 36.4 Å². The van der Waals surface area contributed by atoms with E-state index in [1.807, 2.05) is 27.7 Å². The van der Waals surface area contributed by atoms with Gasteiger partial charge in [-0.15, -0.1) is 0 Å². The van der Waals surface area contributed by atoms with Crippen molar-refractivity contribution < 1.29 is 41.9 Å². The summed E-state index contributed by atoms with van der Waals surface area (Å²) >= 11 is 0. The molecule has 6 nitrogen and oxygen atoms in total. The highest BCUT2D eigenvalue weighted by Crippen LogP contribution is 2.40. The van der Waals surface area contributed by atoms with Crippen LogP contribution in [-0.2, 0) is 26.8 Å². The first-order chi connectivity index (χ1) is 15.9. The van der Waals surface area contributed by atoms with Gasteiger partial charge in [-0.3, -0.25) is 0 Å². The van der Waals surface area contributed by atoms with E-state index in [0.29, 0.717) is 11.8 Å². The molecule has 1 saturated heterocycles. The Morgan fingerprint density at radius 3 is 2.00 bits per heavy atom. The fraction of sp³-hybridized carbons (Fsp3) is 0.480. The highest BCUT2D eigenvalue weighted by Gasteiger charge is 2.51. The highest BCUT2D eigenvalue weighted by atomic mass is 19.4. The van der Waals surface area contributed by atoms with Crippen LogP contribution < -0.4 is 10.2 Å². The Balaban J connectivity index is 1.82. The van der Waals surface area contributed by atoms with Gasteiger partial charge < -0.3 is 23.9 Å². The number of rotatable bonds is 5. The van der Waals surface area contributed by atoms with E-state index in [2.05, 4.69) is 0 Å². The van der Waals surface area contributed by atoms with E-state index >= 15 is 0 Å². The van der Waals surface area contributed by atoms with Gasteiger partial charge in [0.2, 0.25) is 0 Å². The normalized spacial score (nSPS) is 17.4. The van der Waals surface area contributed by atoms with E-state index in [4.69, 9.17) is 18.8 Å². The van der Waals surface area contributed by atoms with E-state index in [-0.39, 0.29) is 12.2 Å².